The molecule has 5 atom stereocenters. The maximum absolute atomic E-state index is 15.3. The number of esters is 1. The SMILES string of the molecule is C#Cc1ccc(OP(=O)(NCC(=O)OC)OCC2OC(n3ccc(=O)[nH]c3=O)C(C)(F)C2O)cc1. The van der Waals surface area contributed by atoms with E-state index in [1.165, 1.54) is 24.3 Å². The molecule has 0 spiro atoms. The van der Waals surface area contributed by atoms with Gasteiger partial charge in [0, 0.05) is 17.8 Å². The third kappa shape index (κ3) is 6.05. The number of benzene rings is 1. The summed E-state index contributed by atoms with van der Waals surface area (Å²) < 4.78 is 50.2. The van der Waals surface area contributed by atoms with E-state index in [4.69, 9.17) is 20.2 Å². The monoisotopic (exact) mass is 511 g/mol. The minimum atomic E-state index is -4.29. The van der Waals surface area contributed by atoms with Gasteiger partial charge in [0.15, 0.2) is 11.9 Å². The lowest BCUT2D eigenvalue weighted by atomic mass is 9.98. The van der Waals surface area contributed by atoms with Crippen molar-refractivity contribution in [3.05, 3.63) is 62.9 Å². The van der Waals surface area contributed by atoms with E-state index in [0.29, 0.717) is 5.56 Å². The van der Waals surface area contributed by atoms with Crippen molar-refractivity contribution in [3.8, 4) is 18.1 Å². The number of ether oxygens (including phenoxy) is 2. The number of hydrogen-bond acceptors (Lipinski definition) is 9. The summed E-state index contributed by atoms with van der Waals surface area (Å²) >= 11 is 0. The number of halogens is 1. The number of H-pyrrole nitrogens is 1. The van der Waals surface area contributed by atoms with Crippen LogP contribution in [0.1, 0.15) is 18.7 Å². The second-order valence-corrected chi connectivity index (χ2v) is 9.36. The highest BCUT2D eigenvalue weighted by Crippen LogP contribution is 2.47. The molecule has 3 rings (SSSR count). The van der Waals surface area contributed by atoms with Crippen LogP contribution in [0.5, 0.6) is 5.75 Å². The Balaban J connectivity index is 1.79. The van der Waals surface area contributed by atoms with Gasteiger partial charge in [-0.25, -0.2) is 18.8 Å². The van der Waals surface area contributed by atoms with Crippen LogP contribution in [0.15, 0.2) is 46.1 Å². The maximum Gasteiger partial charge on any atom is 0.459 e. The molecule has 0 bridgehead atoms. The van der Waals surface area contributed by atoms with Crippen LogP contribution in [-0.4, -0.2) is 58.8 Å². The lowest BCUT2D eigenvalue weighted by Crippen LogP contribution is -2.43. The third-order valence-electron chi connectivity index (χ3n) is 5.12. The number of carbonyl (C=O) groups is 1. The van der Waals surface area contributed by atoms with E-state index in [1.807, 2.05) is 4.98 Å². The van der Waals surface area contributed by atoms with Gasteiger partial charge in [0.05, 0.1) is 13.7 Å². The van der Waals surface area contributed by atoms with Crippen LogP contribution < -0.4 is 20.9 Å². The number of aliphatic hydroxyl groups is 1. The molecule has 1 saturated heterocycles. The molecule has 188 valence electrons. The van der Waals surface area contributed by atoms with Crippen molar-refractivity contribution < 1.29 is 37.4 Å². The summed E-state index contributed by atoms with van der Waals surface area (Å²) in [6.07, 6.45) is 1.46. The zero-order valence-corrected chi connectivity index (χ0v) is 19.6. The van der Waals surface area contributed by atoms with Crippen molar-refractivity contribution in [2.75, 3.05) is 20.3 Å². The highest BCUT2D eigenvalue weighted by Gasteiger charge is 2.55. The minimum Gasteiger partial charge on any atom is -0.468 e. The molecule has 0 saturated carbocycles. The molecular formula is C21H23FN3O9P. The van der Waals surface area contributed by atoms with Gasteiger partial charge in [0.2, 0.25) is 0 Å². The van der Waals surface area contributed by atoms with E-state index in [9.17, 15) is 24.1 Å². The summed E-state index contributed by atoms with van der Waals surface area (Å²) in [4.78, 5) is 36.9. The summed E-state index contributed by atoms with van der Waals surface area (Å²) in [7, 11) is -3.17. The first-order valence-electron chi connectivity index (χ1n) is 10.2. The summed E-state index contributed by atoms with van der Waals surface area (Å²) in [5, 5.41) is 12.8. The minimum absolute atomic E-state index is 0.0746. The first-order chi connectivity index (χ1) is 16.5. The lowest BCUT2D eigenvalue weighted by molar-refractivity contribution is -0.139. The van der Waals surface area contributed by atoms with Gasteiger partial charge in [0.1, 0.15) is 24.5 Å². The molecule has 2 heterocycles. The predicted octanol–water partition coefficient (Wildman–Crippen LogP) is 0.471. The van der Waals surface area contributed by atoms with Crippen LogP contribution in [0.25, 0.3) is 0 Å². The molecular weight excluding hydrogens is 488 g/mol. The van der Waals surface area contributed by atoms with Gasteiger partial charge in [-0.1, -0.05) is 5.92 Å². The molecule has 1 aliphatic rings. The number of nitrogens with one attached hydrogen (secondary N) is 2. The van der Waals surface area contributed by atoms with Crippen LogP contribution in [0.3, 0.4) is 0 Å². The number of methoxy groups -OCH3 is 1. The molecule has 35 heavy (non-hydrogen) atoms. The average molecular weight is 511 g/mol. The number of hydrogen-bond donors (Lipinski definition) is 3. The summed E-state index contributed by atoms with van der Waals surface area (Å²) in [5.74, 6) is 1.71. The van der Waals surface area contributed by atoms with Gasteiger partial charge in [-0.15, -0.1) is 6.42 Å². The predicted molar refractivity (Wildman–Crippen MR) is 119 cm³/mol. The Morgan fingerprint density at radius 1 is 1.37 bits per heavy atom. The number of carbonyl (C=O) groups excluding carboxylic acids is 1. The second-order valence-electron chi connectivity index (χ2n) is 7.60. The quantitative estimate of drug-likeness (QED) is 0.246. The van der Waals surface area contributed by atoms with Crippen molar-refractivity contribution in [2.45, 2.75) is 31.0 Å². The molecule has 2 aromatic rings. The number of alkyl halides is 1. The summed E-state index contributed by atoms with van der Waals surface area (Å²) in [6.45, 7) is -0.220. The fraction of sp³-hybridized carbons (Fsp3) is 0.381. The van der Waals surface area contributed by atoms with Crippen molar-refractivity contribution in [1.82, 2.24) is 14.6 Å². The fourth-order valence-corrected chi connectivity index (χ4v) is 4.50. The molecule has 1 aliphatic heterocycles. The smallest absolute Gasteiger partial charge is 0.459 e. The van der Waals surface area contributed by atoms with Crippen molar-refractivity contribution >= 4 is 13.7 Å². The fourth-order valence-electron chi connectivity index (χ4n) is 3.22. The molecule has 1 aromatic heterocycles. The number of aromatic nitrogens is 2. The Morgan fingerprint density at radius 3 is 2.66 bits per heavy atom. The Kier molecular flexibility index (Phi) is 7.94. The van der Waals surface area contributed by atoms with Crippen molar-refractivity contribution in [1.29, 1.82) is 0 Å². The molecule has 12 nitrogen and oxygen atoms in total. The number of rotatable bonds is 9. The average Bonchev–Trinajstić information content (AvgIpc) is 3.05. The summed E-state index contributed by atoms with van der Waals surface area (Å²) in [6, 6.07) is 6.86. The molecule has 0 amide bonds. The Morgan fingerprint density at radius 2 is 2.06 bits per heavy atom. The van der Waals surface area contributed by atoms with Crippen LogP contribution in [0.4, 0.5) is 4.39 Å². The van der Waals surface area contributed by atoms with Gasteiger partial charge >= 0.3 is 19.4 Å². The van der Waals surface area contributed by atoms with E-state index in [1.54, 1.807) is 0 Å². The van der Waals surface area contributed by atoms with Gasteiger partial charge in [-0.2, -0.15) is 0 Å². The molecule has 1 aromatic carbocycles. The van der Waals surface area contributed by atoms with E-state index in [0.717, 1.165) is 30.9 Å². The van der Waals surface area contributed by atoms with E-state index in [2.05, 4.69) is 15.7 Å². The van der Waals surface area contributed by atoms with Gasteiger partial charge in [0.25, 0.3) is 5.56 Å². The van der Waals surface area contributed by atoms with Crippen LogP contribution in [0, 0.1) is 12.3 Å². The standard InChI is InChI=1S/C21H23FN3O9P/c1-4-13-5-7-14(8-6-13)34-35(30,23-11-17(27)31-3)32-12-15-18(28)21(2,22)19(33-15)25-10-9-16(26)24-20(25)29/h1,5-10,15,18-19,28H,11-12H2,2-3H3,(H,23,30)(H,24,26,29). The number of aromatic amines is 1. The van der Waals surface area contributed by atoms with Crippen molar-refractivity contribution in [3.63, 3.8) is 0 Å². The largest absolute Gasteiger partial charge is 0.468 e. The van der Waals surface area contributed by atoms with Crippen LogP contribution in [0.2, 0.25) is 0 Å². The van der Waals surface area contributed by atoms with E-state index < -0.39 is 62.2 Å². The van der Waals surface area contributed by atoms with Crippen LogP contribution in [-0.2, 0) is 23.4 Å². The Hall–Kier alpha value is -3.27. The Bertz CT molecular complexity index is 1270. The highest BCUT2D eigenvalue weighted by atomic mass is 31.2. The van der Waals surface area contributed by atoms with E-state index in [-0.39, 0.29) is 5.75 Å². The van der Waals surface area contributed by atoms with Gasteiger partial charge in [-0.3, -0.25) is 23.7 Å². The third-order valence-corrected chi connectivity index (χ3v) is 6.61. The first-order valence-corrected chi connectivity index (χ1v) is 11.7. The zero-order chi connectivity index (χ0) is 25.8. The second kappa shape index (κ2) is 10.6. The normalized spacial score (nSPS) is 25.4. The van der Waals surface area contributed by atoms with Gasteiger partial charge in [-0.05, 0) is 31.2 Å². The molecule has 0 radical (unpaired) electrons. The number of aliphatic hydroxyl groups excluding tert-OH is 1. The summed E-state index contributed by atoms with van der Waals surface area (Å²) in [5.41, 5.74) is -3.62. The zero-order valence-electron chi connectivity index (χ0n) is 18.7. The lowest BCUT2D eigenvalue weighted by Gasteiger charge is -2.24. The van der Waals surface area contributed by atoms with Crippen LogP contribution >= 0.6 is 7.75 Å². The molecule has 0 aliphatic carbocycles. The van der Waals surface area contributed by atoms with Crippen molar-refractivity contribution in [2.24, 2.45) is 0 Å². The number of terminal acetylenes is 1. The topological polar surface area (TPSA) is 158 Å². The molecule has 1 fully saturated rings. The molecule has 3 N–H and O–H groups in total. The van der Waals surface area contributed by atoms with E-state index >= 15 is 4.39 Å². The molecule has 14 heteroatoms. The maximum atomic E-state index is 15.3. The number of nitrogens with zero attached hydrogens (tertiary/aromatic N) is 1. The first kappa shape index (κ1) is 26.3. The highest BCUT2D eigenvalue weighted by molar-refractivity contribution is 7.52. The van der Waals surface area contributed by atoms with Gasteiger partial charge < -0.3 is 19.1 Å². The Labute approximate surface area is 198 Å². The molecule has 5 unspecified atom stereocenters.